The number of rotatable bonds is 3. The molecule has 5 heteroatoms. The van der Waals surface area contributed by atoms with Gasteiger partial charge in [-0.2, -0.15) is 5.48 Å². The van der Waals surface area contributed by atoms with E-state index in [4.69, 9.17) is 4.84 Å². The molecule has 0 unspecified atom stereocenters. The summed E-state index contributed by atoms with van der Waals surface area (Å²) in [5.74, 6) is 0. The summed E-state index contributed by atoms with van der Waals surface area (Å²) < 4.78 is 2.21. The summed E-state index contributed by atoms with van der Waals surface area (Å²) in [6, 6.07) is 2.06. The van der Waals surface area contributed by atoms with E-state index < -0.39 is 0 Å². The van der Waals surface area contributed by atoms with Crippen LogP contribution in [0.3, 0.4) is 0 Å². The Morgan fingerprint density at radius 1 is 1.64 bits per heavy atom. The van der Waals surface area contributed by atoms with Crippen molar-refractivity contribution in [1.29, 1.82) is 0 Å². The van der Waals surface area contributed by atoms with E-state index in [0.29, 0.717) is 0 Å². The van der Waals surface area contributed by atoms with Crippen LogP contribution in [0, 0.1) is 0 Å². The third-order valence-electron chi connectivity index (χ3n) is 1.09. The highest BCUT2D eigenvalue weighted by Crippen LogP contribution is 2.32. The van der Waals surface area contributed by atoms with E-state index in [1.165, 1.54) is 4.88 Å². The molecule has 62 valence electrons. The van der Waals surface area contributed by atoms with Gasteiger partial charge in [0, 0.05) is 9.35 Å². The Labute approximate surface area is 86.2 Å². The van der Waals surface area contributed by atoms with Crippen LogP contribution in [0.4, 0.5) is 0 Å². The van der Waals surface area contributed by atoms with Crippen LogP contribution in [-0.2, 0) is 11.4 Å². The van der Waals surface area contributed by atoms with Crippen LogP contribution in [0.2, 0.25) is 0 Å². The maximum atomic E-state index is 4.72. The second-order valence-electron chi connectivity index (χ2n) is 1.86. The van der Waals surface area contributed by atoms with E-state index in [9.17, 15) is 0 Å². The van der Waals surface area contributed by atoms with Gasteiger partial charge in [0.15, 0.2) is 0 Å². The van der Waals surface area contributed by atoms with Gasteiger partial charge in [-0.05, 0) is 37.9 Å². The Hall–Kier alpha value is 0.580. The molecule has 1 aromatic rings. The van der Waals surface area contributed by atoms with Gasteiger partial charge in [0.1, 0.15) is 0 Å². The summed E-state index contributed by atoms with van der Waals surface area (Å²) in [6.45, 7) is 0.741. The van der Waals surface area contributed by atoms with Gasteiger partial charge < -0.3 is 4.84 Å². The molecule has 0 aromatic carbocycles. The molecule has 0 atom stereocenters. The van der Waals surface area contributed by atoms with Gasteiger partial charge in [0.2, 0.25) is 0 Å². The number of hydrogen-bond acceptors (Lipinski definition) is 3. The molecule has 0 aliphatic carbocycles. The molecule has 1 heterocycles. The largest absolute Gasteiger partial charge is 0.305 e. The first-order chi connectivity index (χ1) is 5.24. The van der Waals surface area contributed by atoms with Gasteiger partial charge in [-0.1, -0.05) is 0 Å². The minimum Gasteiger partial charge on any atom is -0.305 e. The van der Waals surface area contributed by atoms with Crippen molar-refractivity contribution in [2.75, 3.05) is 7.11 Å². The Morgan fingerprint density at radius 2 is 2.36 bits per heavy atom. The van der Waals surface area contributed by atoms with Crippen LogP contribution < -0.4 is 5.48 Å². The molecule has 0 bridgehead atoms. The lowest BCUT2D eigenvalue weighted by atomic mass is 10.5. The smallest absolute Gasteiger partial charge is 0.0843 e. The highest BCUT2D eigenvalue weighted by atomic mass is 79.9. The van der Waals surface area contributed by atoms with Gasteiger partial charge in [0.05, 0.1) is 17.4 Å². The van der Waals surface area contributed by atoms with Gasteiger partial charge in [-0.3, -0.25) is 0 Å². The van der Waals surface area contributed by atoms with Gasteiger partial charge in [-0.25, -0.2) is 0 Å². The van der Waals surface area contributed by atoms with Crippen molar-refractivity contribution in [2.45, 2.75) is 6.54 Å². The number of hydroxylamine groups is 1. The summed E-state index contributed by atoms with van der Waals surface area (Å²) in [5, 5.41) is 0. The van der Waals surface area contributed by atoms with Gasteiger partial charge >= 0.3 is 0 Å². The zero-order chi connectivity index (χ0) is 8.27. The fourth-order valence-electron chi connectivity index (χ4n) is 0.622. The molecule has 0 aliphatic heterocycles. The van der Waals surface area contributed by atoms with Crippen molar-refractivity contribution in [1.82, 2.24) is 5.48 Å². The average Bonchev–Trinajstić information content (AvgIpc) is 2.28. The zero-order valence-electron chi connectivity index (χ0n) is 5.86. The SMILES string of the molecule is CONCc1cc(Br)c(Br)s1. The minimum absolute atomic E-state index is 0.741. The van der Waals surface area contributed by atoms with Crippen molar-refractivity contribution < 1.29 is 4.84 Å². The fourth-order valence-corrected chi connectivity index (χ4v) is 2.73. The standard InChI is InChI=1S/C6H7Br2NOS/c1-10-9-3-4-2-5(7)6(8)11-4/h2,9H,3H2,1H3. The molecule has 0 amide bonds. The first-order valence-electron chi connectivity index (χ1n) is 2.93. The Kier molecular flexibility index (Phi) is 4.01. The van der Waals surface area contributed by atoms with Crippen LogP contribution in [0.25, 0.3) is 0 Å². The summed E-state index contributed by atoms with van der Waals surface area (Å²) in [4.78, 5) is 5.95. The highest BCUT2D eigenvalue weighted by Gasteiger charge is 2.02. The lowest BCUT2D eigenvalue weighted by molar-refractivity contribution is 0.0874. The van der Waals surface area contributed by atoms with Gasteiger partial charge in [0.25, 0.3) is 0 Å². The molecule has 0 aliphatic rings. The molecule has 11 heavy (non-hydrogen) atoms. The molecule has 0 saturated carbocycles. The Balaban J connectivity index is 2.58. The second-order valence-corrected chi connectivity index (χ2v) is 5.17. The maximum Gasteiger partial charge on any atom is 0.0843 e. The van der Waals surface area contributed by atoms with E-state index >= 15 is 0 Å². The molecule has 1 N–H and O–H groups in total. The lowest BCUT2D eigenvalue weighted by Gasteiger charge is -1.95. The molecule has 0 spiro atoms. The lowest BCUT2D eigenvalue weighted by Crippen LogP contribution is -2.09. The molecule has 0 radical (unpaired) electrons. The summed E-state index contributed by atoms with van der Waals surface area (Å²) in [6.07, 6.45) is 0. The highest BCUT2D eigenvalue weighted by molar-refractivity contribution is 9.13. The quantitative estimate of drug-likeness (QED) is 0.867. The predicted molar refractivity (Wildman–Crippen MR) is 53.6 cm³/mol. The normalized spacial score (nSPS) is 10.5. The molecule has 2 nitrogen and oxygen atoms in total. The molecule has 1 rings (SSSR count). The number of halogens is 2. The van der Waals surface area contributed by atoms with Gasteiger partial charge in [-0.15, -0.1) is 11.3 Å². The number of thiophene rings is 1. The first-order valence-corrected chi connectivity index (χ1v) is 5.34. The van der Waals surface area contributed by atoms with Crippen molar-refractivity contribution in [3.63, 3.8) is 0 Å². The Bertz CT molecular complexity index is 219. The van der Waals surface area contributed by atoms with Crippen LogP contribution in [-0.4, -0.2) is 7.11 Å². The van der Waals surface area contributed by atoms with Crippen molar-refractivity contribution in [2.24, 2.45) is 0 Å². The Morgan fingerprint density at radius 3 is 2.82 bits per heavy atom. The fraction of sp³-hybridized carbons (Fsp3) is 0.333. The summed E-state index contributed by atoms with van der Waals surface area (Å²) >= 11 is 8.50. The molecule has 1 aromatic heterocycles. The third kappa shape index (κ3) is 2.83. The number of hydrogen-bond donors (Lipinski definition) is 1. The van der Waals surface area contributed by atoms with Crippen LogP contribution >= 0.6 is 43.2 Å². The topological polar surface area (TPSA) is 21.3 Å². The van der Waals surface area contributed by atoms with E-state index in [2.05, 4.69) is 43.4 Å². The molecule has 0 fully saturated rings. The second kappa shape index (κ2) is 4.57. The van der Waals surface area contributed by atoms with E-state index in [0.717, 1.165) is 14.8 Å². The number of nitrogens with one attached hydrogen (secondary N) is 1. The van der Waals surface area contributed by atoms with Crippen LogP contribution in [0.1, 0.15) is 4.88 Å². The van der Waals surface area contributed by atoms with Crippen molar-refractivity contribution in [3.8, 4) is 0 Å². The molecule has 0 saturated heterocycles. The summed E-state index contributed by atoms with van der Waals surface area (Å²) in [5.41, 5.74) is 2.77. The monoisotopic (exact) mass is 299 g/mol. The zero-order valence-corrected chi connectivity index (χ0v) is 9.85. The predicted octanol–water partition coefficient (Wildman–Crippen LogP) is 2.92. The van der Waals surface area contributed by atoms with Crippen LogP contribution in [0.5, 0.6) is 0 Å². The molecular formula is C6H7Br2NOS. The maximum absolute atomic E-state index is 4.72. The third-order valence-corrected chi connectivity index (χ3v) is 4.34. The average molecular weight is 301 g/mol. The van der Waals surface area contributed by atoms with E-state index in [1.807, 2.05) is 0 Å². The van der Waals surface area contributed by atoms with Crippen LogP contribution in [0.15, 0.2) is 14.3 Å². The summed E-state index contributed by atoms with van der Waals surface area (Å²) in [7, 11) is 1.61. The van der Waals surface area contributed by atoms with E-state index in [1.54, 1.807) is 18.4 Å². The molecular weight excluding hydrogens is 294 g/mol. The van der Waals surface area contributed by atoms with E-state index in [-0.39, 0.29) is 0 Å². The first kappa shape index (κ1) is 9.67. The minimum atomic E-state index is 0.741. The van der Waals surface area contributed by atoms with Crippen molar-refractivity contribution in [3.05, 3.63) is 19.2 Å². The van der Waals surface area contributed by atoms with Crippen molar-refractivity contribution >= 4 is 43.2 Å².